The number of hydrogen-bond acceptors (Lipinski definition) is 4. The van der Waals surface area contributed by atoms with E-state index in [0.717, 1.165) is 6.54 Å². The Balaban J connectivity index is 2.69. The van der Waals surface area contributed by atoms with E-state index in [0.29, 0.717) is 34.4 Å². The van der Waals surface area contributed by atoms with Crippen molar-refractivity contribution >= 4 is 23.2 Å². The molecule has 0 amide bonds. The van der Waals surface area contributed by atoms with Crippen LogP contribution in [0.5, 0.6) is 0 Å². The molecule has 0 bridgehead atoms. The number of anilines is 2. The van der Waals surface area contributed by atoms with E-state index in [9.17, 15) is 0 Å². The highest BCUT2D eigenvalue weighted by Gasteiger charge is 2.18. The van der Waals surface area contributed by atoms with E-state index in [2.05, 4.69) is 43.0 Å². The number of nitrogens with one attached hydrogen (secondary N) is 1. The molecule has 1 aromatic rings. The van der Waals surface area contributed by atoms with E-state index in [1.807, 2.05) is 0 Å². The molecule has 0 radical (unpaired) electrons. The minimum absolute atomic E-state index is 0.315. The van der Waals surface area contributed by atoms with Crippen LogP contribution in [0.3, 0.4) is 0 Å². The van der Waals surface area contributed by atoms with Gasteiger partial charge in [-0.05, 0) is 17.8 Å². The van der Waals surface area contributed by atoms with Crippen LogP contribution in [0.25, 0.3) is 0 Å². The average Bonchev–Trinajstić information content (AvgIpc) is 2.23. The Morgan fingerprint density at radius 1 is 1.24 bits per heavy atom. The van der Waals surface area contributed by atoms with E-state index < -0.39 is 0 Å². The molecule has 1 heterocycles. The molecular formula is C12H21ClN4. The normalized spacial score (nSPS) is 11.5. The molecule has 0 aliphatic carbocycles. The zero-order chi connectivity index (χ0) is 13.0. The first kappa shape index (κ1) is 14.0. The summed E-state index contributed by atoms with van der Waals surface area (Å²) < 4.78 is 0. The Bertz CT molecular complexity index is 358. The second-order valence-electron chi connectivity index (χ2n) is 4.95. The molecule has 0 saturated carbocycles. The van der Waals surface area contributed by atoms with Gasteiger partial charge in [-0.3, -0.25) is 0 Å². The van der Waals surface area contributed by atoms with Crippen LogP contribution in [-0.2, 0) is 0 Å². The van der Waals surface area contributed by atoms with E-state index in [1.54, 1.807) is 0 Å². The first-order valence-corrected chi connectivity index (χ1v) is 6.31. The predicted molar refractivity (Wildman–Crippen MR) is 73.1 cm³/mol. The van der Waals surface area contributed by atoms with Crippen molar-refractivity contribution in [2.75, 3.05) is 17.6 Å². The Kier molecular flexibility index (Phi) is 5.00. The monoisotopic (exact) mass is 256 g/mol. The maximum absolute atomic E-state index is 6.02. The Morgan fingerprint density at radius 2 is 1.82 bits per heavy atom. The number of nitrogens with zero attached hydrogens (tertiary/aromatic N) is 2. The third-order valence-corrected chi connectivity index (χ3v) is 3.41. The minimum atomic E-state index is 0.315. The van der Waals surface area contributed by atoms with E-state index >= 15 is 0 Å². The number of nitrogen functional groups attached to an aromatic ring is 1. The molecule has 1 aromatic heterocycles. The van der Waals surface area contributed by atoms with Crippen molar-refractivity contribution in [2.45, 2.75) is 27.7 Å². The lowest BCUT2D eigenvalue weighted by molar-refractivity contribution is 0.304. The van der Waals surface area contributed by atoms with Crippen molar-refractivity contribution < 1.29 is 0 Å². The van der Waals surface area contributed by atoms with Gasteiger partial charge >= 0.3 is 0 Å². The second-order valence-corrected chi connectivity index (χ2v) is 5.33. The van der Waals surface area contributed by atoms with Gasteiger partial charge in [-0.15, -0.1) is 0 Å². The van der Waals surface area contributed by atoms with Crippen LogP contribution in [0.4, 0.5) is 11.6 Å². The van der Waals surface area contributed by atoms with Crippen LogP contribution in [0.15, 0.2) is 6.33 Å². The number of halogens is 1. The minimum Gasteiger partial charge on any atom is -0.382 e. The van der Waals surface area contributed by atoms with Crippen LogP contribution in [-0.4, -0.2) is 16.5 Å². The molecule has 1 rings (SSSR count). The highest BCUT2D eigenvalue weighted by atomic mass is 35.5. The van der Waals surface area contributed by atoms with Gasteiger partial charge in [0.1, 0.15) is 23.0 Å². The fourth-order valence-corrected chi connectivity index (χ4v) is 2.13. The van der Waals surface area contributed by atoms with Gasteiger partial charge in [-0.25, -0.2) is 9.97 Å². The molecule has 0 saturated heterocycles. The molecule has 0 unspecified atom stereocenters. The largest absolute Gasteiger partial charge is 0.382 e. The lowest BCUT2D eigenvalue weighted by atomic mass is 9.85. The highest BCUT2D eigenvalue weighted by molar-refractivity contribution is 6.35. The molecule has 3 N–H and O–H groups in total. The highest BCUT2D eigenvalue weighted by Crippen LogP contribution is 2.25. The Labute approximate surface area is 108 Å². The first-order valence-electron chi connectivity index (χ1n) is 5.93. The van der Waals surface area contributed by atoms with Crippen LogP contribution >= 0.6 is 11.6 Å². The lowest BCUT2D eigenvalue weighted by Gasteiger charge is -2.25. The Morgan fingerprint density at radius 3 is 2.35 bits per heavy atom. The summed E-state index contributed by atoms with van der Waals surface area (Å²) in [7, 11) is 0. The number of aromatic nitrogens is 2. The van der Waals surface area contributed by atoms with Crippen molar-refractivity contribution in [1.29, 1.82) is 0 Å². The standard InChI is InChI=1S/C12H21ClN4/c1-7(2)9(8(3)4)5-15-12-10(13)11(14)16-6-17-12/h6-9H,5H2,1-4H3,(H3,14,15,16,17). The van der Waals surface area contributed by atoms with Crippen molar-refractivity contribution in [3.8, 4) is 0 Å². The summed E-state index contributed by atoms with van der Waals surface area (Å²) >= 11 is 6.02. The zero-order valence-electron chi connectivity index (χ0n) is 10.9. The van der Waals surface area contributed by atoms with Crippen molar-refractivity contribution in [2.24, 2.45) is 17.8 Å². The third kappa shape index (κ3) is 3.73. The smallest absolute Gasteiger partial charge is 0.150 e. The summed E-state index contributed by atoms with van der Waals surface area (Å²) in [6, 6.07) is 0. The van der Waals surface area contributed by atoms with Crippen molar-refractivity contribution in [3.05, 3.63) is 11.3 Å². The molecule has 0 fully saturated rings. The van der Waals surface area contributed by atoms with Crippen molar-refractivity contribution in [3.63, 3.8) is 0 Å². The van der Waals surface area contributed by atoms with Crippen LogP contribution in [0, 0.1) is 17.8 Å². The summed E-state index contributed by atoms with van der Waals surface area (Å²) in [5, 5.41) is 3.66. The van der Waals surface area contributed by atoms with Gasteiger partial charge in [0, 0.05) is 6.54 Å². The second kappa shape index (κ2) is 6.05. The van der Waals surface area contributed by atoms with Gasteiger partial charge in [0.25, 0.3) is 0 Å². The fourth-order valence-electron chi connectivity index (χ4n) is 1.96. The molecule has 0 aromatic carbocycles. The number of rotatable bonds is 5. The molecule has 96 valence electrons. The molecule has 17 heavy (non-hydrogen) atoms. The van der Waals surface area contributed by atoms with Crippen LogP contribution < -0.4 is 11.1 Å². The van der Waals surface area contributed by atoms with Gasteiger partial charge in [-0.2, -0.15) is 0 Å². The number of nitrogens with two attached hydrogens (primary N) is 1. The topological polar surface area (TPSA) is 63.8 Å². The molecular weight excluding hydrogens is 236 g/mol. The molecule has 5 heteroatoms. The molecule has 4 nitrogen and oxygen atoms in total. The van der Waals surface area contributed by atoms with E-state index in [-0.39, 0.29) is 0 Å². The lowest BCUT2D eigenvalue weighted by Crippen LogP contribution is -2.25. The summed E-state index contributed by atoms with van der Waals surface area (Å²) in [4.78, 5) is 7.93. The zero-order valence-corrected chi connectivity index (χ0v) is 11.6. The fraction of sp³-hybridized carbons (Fsp3) is 0.667. The van der Waals surface area contributed by atoms with Crippen LogP contribution in [0.1, 0.15) is 27.7 Å². The maximum atomic E-state index is 6.02. The maximum Gasteiger partial charge on any atom is 0.150 e. The predicted octanol–water partition coefficient (Wildman–Crippen LogP) is 3.05. The van der Waals surface area contributed by atoms with Gasteiger partial charge in [-0.1, -0.05) is 39.3 Å². The summed E-state index contributed by atoms with van der Waals surface area (Å²) in [6.45, 7) is 9.74. The molecule has 0 aliphatic heterocycles. The van der Waals surface area contributed by atoms with Gasteiger partial charge < -0.3 is 11.1 Å². The van der Waals surface area contributed by atoms with Crippen molar-refractivity contribution in [1.82, 2.24) is 9.97 Å². The van der Waals surface area contributed by atoms with Crippen LogP contribution in [0.2, 0.25) is 5.02 Å². The Hall–Kier alpha value is -1.03. The molecule has 0 aliphatic rings. The molecule has 0 spiro atoms. The summed E-state index contributed by atoms with van der Waals surface area (Å²) in [6.07, 6.45) is 1.42. The van der Waals surface area contributed by atoms with E-state index in [4.69, 9.17) is 17.3 Å². The quantitative estimate of drug-likeness (QED) is 0.850. The molecule has 0 atom stereocenters. The average molecular weight is 257 g/mol. The summed E-state index contributed by atoms with van der Waals surface area (Å²) in [5.41, 5.74) is 5.62. The number of hydrogen-bond donors (Lipinski definition) is 2. The summed E-state index contributed by atoms with van der Waals surface area (Å²) in [5.74, 6) is 2.73. The first-order chi connectivity index (χ1) is 7.93. The van der Waals surface area contributed by atoms with Gasteiger partial charge in [0.15, 0.2) is 0 Å². The van der Waals surface area contributed by atoms with Gasteiger partial charge in [0.05, 0.1) is 0 Å². The third-order valence-electron chi connectivity index (χ3n) is 3.03. The van der Waals surface area contributed by atoms with E-state index in [1.165, 1.54) is 6.33 Å². The van der Waals surface area contributed by atoms with Gasteiger partial charge in [0.2, 0.25) is 0 Å². The SMILES string of the molecule is CC(C)C(CNc1ncnc(N)c1Cl)C(C)C.